The lowest BCUT2D eigenvalue weighted by atomic mass is 10.2. The summed E-state index contributed by atoms with van der Waals surface area (Å²) in [5, 5.41) is 2.05. The van der Waals surface area contributed by atoms with Gasteiger partial charge in [0.15, 0.2) is 0 Å². The molecule has 23 heavy (non-hydrogen) atoms. The third-order valence-corrected chi connectivity index (χ3v) is 7.18. The molecule has 0 saturated carbocycles. The Morgan fingerprint density at radius 2 is 1.96 bits per heavy atom. The molecule has 0 unspecified atom stereocenters. The largest absolute Gasteiger partial charge is 0.368 e. The molecule has 1 aliphatic heterocycles. The third kappa shape index (κ3) is 3.67. The average molecular weight is 354 g/mol. The molecular weight excluding hydrogens is 330 g/mol. The predicted molar refractivity (Wildman–Crippen MR) is 96.7 cm³/mol. The zero-order valence-electron chi connectivity index (χ0n) is 13.4. The molecule has 0 N–H and O–H groups in total. The summed E-state index contributed by atoms with van der Waals surface area (Å²) in [5.41, 5.74) is 2.19. The molecule has 3 rings (SSSR count). The zero-order chi connectivity index (χ0) is 16.3. The van der Waals surface area contributed by atoms with Gasteiger partial charge in [-0.1, -0.05) is 19.8 Å². The zero-order valence-corrected chi connectivity index (χ0v) is 15.1. The highest BCUT2D eigenvalue weighted by Gasteiger charge is 2.27. The van der Waals surface area contributed by atoms with E-state index in [1.54, 1.807) is 15.6 Å². The smallest absolute Gasteiger partial charge is 0.214 e. The van der Waals surface area contributed by atoms with Gasteiger partial charge in [-0.15, -0.1) is 11.3 Å². The second kappa shape index (κ2) is 7.15. The summed E-state index contributed by atoms with van der Waals surface area (Å²) in [4.78, 5) is 6.65. The van der Waals surface area contributed by atoms with E-state index in [2.05, 4.69) is 22.2 Å². The fourth-order valence-electron chi connectivity index (χ4n) is 2.98. The fourth-order valence-corrected chi connectivity index (χ4v) is 5.42. The van der Waals surface area contributed by atoms with Crippen molar-refractivity contribution in [3.8, 4) is 0 Å². The summed E-state index contributed by atoms with van der Waals surface area (Å²) in [6.07, 6.45) is 4.62. The van der Waals surface area contributed by atoms with Gasteiger partial charge in [-0.05, 0) is 23.9 Å². The van der Waals surface area contributed by atoms with Gasteiger partial charge in [-0.3, -0.25) is 4.98 Å². The summed E-state index contributed by atoms with van der Waals surface area (Å²) < 4.78 is 27.6. The van der Waals surface area contributed by atoms with Gasteiger partial charge < -0.3 is 4.90 Å². The van der Waals surface area contributed by atoms with Crippen molar-refractivity contribution >= 4 is 37.3 Å². The van der Waals surface area contributed by atoms with E-state index in [0.29, 0.717) is 13.1 Å². The van der Waals surface area contributed by atoms with Crippen LogP contribution in [0.4, 0.5) is 5.69 Å². The number of pyridine rings is 1. The Hall–Kier alpha value is -1.18. The SMILES string of the molecule is CCCCCS(=O)(=O)N1CCN(c2ccnc3ccsc23)CC1. The number of nitrogens with zero attached hydrogens (tertiary/aromatic N) is 3. The van der Waals surface area contributed by atoms with Crippen molar-refractivity contribution in [2.75, 3.05) is 36.8 Å². The Labute approximate surface area is 142 Å². The summed E-state index contributed by atoms with van der Waals surface area (Å²) in [6.45, 7) is 4.72. The van der Waals surface area contributed by atoms with Crippen LogP contribution in [0, 0.1) is 0 Å². The number of piperazine rings is 1. The predicted octanol–water partition coefficient (Wildman–Crippen LogP) is 2.94. The number of aromatic nitrogens is 1. The lowest BCUT2D eigenvalue weighted by molar-refractivity contribution is 0.384. The Morgan fingerprint density at radius 3 is 2.70 bits per heavy atom. The van der Waals surface area contributed by atoms with Crippen LogP contribution in [0.2, 0.25) is 0 Å². The van der Waals surface area contributed by atoms with Crippen LogP contribution in [0.1, 0.15) is 26.2 Å². The van der Waals surface area contributed by atoms with E-state index in [1.807, 2.05) is 18.3 Å². The number of anilines is 1. The first-order chi connectivity index (χ1) is 11.1. The van der Waals surface area contributed by atoms with Gasteiger partial charge in [0.2, 0.25) is 10.0 Å². The molecule has 3 heterocycles. The van der Waals surface area contributed by atoms with Crippen LogP contribution in [0.15, 0.2) is 23.7 Å². The molecule has 0 aliphatic carbocycles. The molecule has 0 spiro atoms. The highest BCUT2D eigenvalue weighted by Crippen LogP contribution is 2.30. The molecule has 1 saturated heterocycles. The number of unbranched alkanes of at least 4 members (excludes halogenated alkanes) is 2. The summed E-state index contributed by atoms with van der Waals surface area (Å²) >= 11 is 1.69. The van der Waals surface area contributed by atoms with Crippen molar-refractivity contribution in [3.63, 3.8) is 0 Å². The molecule has 0 amide bonds. The third-order valence-electron chi connectivity index (χ3n) is 4.30. The Bertz CT molecular complexity index is 750. The van der Waals surface area contributed by atoms with Crippen LogP contribution in [0.25, 0.3) is 10.2 Å². The number of hydrogen-bond donors (Lipinski definition) is 0. The van der Waals surface area contributed by atoms with Crippen LogP contribution in [-0.4, -0.2) is 49.6 Å². The molecule has 0 aromatic carbocycles. The van der Waals surface area contributed by atoms with E-state index in [9.17, 15) is 8.42 Å². The molecule has 2 aromatic rings. The number of sulfonamides is 1. The minimum absolute atomic E-state index is 0.283. The molecule has 1 aliphatic rings. The molecule has 126 valence electrons. The summed E-state index contributed by atoms with van der Waals surface area (Å²) in [6, 6.07) is 4.06. The van der Waals surface area contributed by atoms with Gasteiger partial charge in [0.1, 0.15) is 0 Å². The van der Waals surface area contributed by atoms with E-state index in [1.165, 1.54) is 10.4 Å². The Morgan fingerprint density at radius 1 is 1.17 bits per heavy atom. The van der Waals surface area contributed by atoms with E-state index in [0.717, 1.165) is 37.9 Å². The Balaban J connectivity index is 1.65. The highest BCUT2D eigenvalue weighted by molar-refractivity contribution is 7.89. The van der Waals surface area contributed by atoms with Crippen molar-refractivity contribution in [2.24, 2.45) is 0 Å². The van der Waals surface area contributed by atoms with Crippen molar-refractivity contribution in [1.29, 1.82) is 0 Å². The van der Waals surface area contributed by atoms with Gasteiger partial charge in [0.05, 0.1) is 21.7 Å². The first kappa shape index (κ1) is 16.7. The second-order valence-corrected chi connectivity index (χ2v) is 8.88. The van der Waals surface area contributed by atoms with Gasteiger partial charge in [-0.2, -0.15) is 4.31 Å². The van der Waals surface area contributed by atoms with E-state index >= 15 is 0 Å². The lowest BCUT2D eigenvalue weighted by Crippen LogP contribution is -2.49. The fraction of sp³-hybridized carbons (Fsp3) is 0.562. The molecule has 1 fully saturated rings. The van der Waals surface area contributed by atoms with Gasteiger partial charge in [0.25, 0.3) is 0 Å². The van der Waals surface area contributed by atoms with Gasteiger partial charge in [0, 0.05) is 32.4 Å². The highest BCUT2D eigenvalue weighted by atomic mass is 32.2. The average Bonchev–Trinajstić information content (AvgIpc) is 3.04. The van der Waals surface area contributed by atoms with E-state index in [-0.39, 0.29) is 5.75 Å². The van der Waals surface area contributed by atoms with Crippen molar-refractivity contribution < 1.29 is 8.42 Å². The minimum Gasteiger partial charge on any atom is -0.368 e. The quantitative estimate of drug-likeness (QED) is 0.749. The number of hydrogen-bond acceptors (Lipinski definition) is 5. The van der Waals surface area contributed by atoms with Crippen LogP contribution in [-0.2, 0) is 10.0 Å². The molecule has 2 aromatic heterocycles. The molecule has 0 bridgehead atoms. The van der Waals surface area contributed by atoms with Crippen molar-refractivity contribution in [1.82, 2.24) is 9.29 Å². The number of fused-ring (bicyclic) bond motifs is 1. The first-order valence-electron chi connectivity index (χ1n) is 8.17. The number of rotatable bonds is 6. The van der Waals surface area contributed by atoms with Crippen LogP contribution in [0.3, 0.4) is 0 Å². The standard InChI is InChI=1S/C16H23N3O2S2/c1-2-3-4-13-23(20,21)19-10-8-18(9-11-19)15-5-7-17-14-6-12-22-16(14)15/h5-7,12H,2-4,8-11,13H2,1H3. The van der Waals surface area contributed by atoms with Crippen molar-refractivity contribution in [2.45, 2.75) is 26.2 Å². The van der Waals surface area contributed by atoms with E-state index < -0.39 is 10.0 Å². The molecule has 0 radical (unpaired) electrons. The summed E-state index contributed by atoms with van der Waals surface area (Å²) in [5.74, 6) is 0.283. The van der Waals surface area contributed by atoms with Crippen LogP contribution in [0.5, 0.6) is 0 Å². The van der Waals surface area contributed by atoms with Crippen LogP contribution >= 0.6 is 11.3 Å². The minimum atomic E-state index is -3.10. The monoisotopic (exact) mass is 353 g/mol. The Kier molecular flexibility index (Phi) is 5.18. The van der Waals surface area contributed by atoms with E-state index in [4.69, 9.17) is 0 Å². The lowest BCUT2D eigenvalue weighted by Gasteiger charge is -2.35. The van der Waals surface area contributed by atoms with Gasteiger partial charge in [-0.25, -0.2) is 8.42 Å². The van der Waals surface area contributed by atoms with Crippen molar-refractivity contribution in [3.05, 3.63) is 23.7 Å². The number of thiophene rings is 1. The molecule has 7 heteroatoms. The normalized spacial score (nSPS) is 17.0. The second-order valence-electron chi connectivity index (χ2n) is 5.87. The molecular formula is C16H23N3O2S2. The molecule has 5 nitrogen and oxygen atoms in total. The topological polar surface area (TPSA) is 53.5 Å². The molecule has 0 atom stereocenters. The van der Waals surface area contributed by atoms with Gasteiger partial charge >= 0.3 is 0 Å². The maximum Gasteiger partial charge on any atom is 0.214 e. The van der Waals surface area contributed by atoms with Crippen LogP contribution < -0.4 is 4.90 Å². The first-order valence-corrected chi connectivity index (χ1v) is 10.7. The maximum absolute atomic E-state index is 12.4. The maximum atomic E-state index is 12.4. The summed E-state index contributed by atoms with van der Waals surface area (Å²) in [7, 11) is -3.10.